The summed E-state index contributed by atoms with van der Waals surface area (Å²) in [5.74, 6) is 0.411. The van der Waals surface area contributed by atoms with E-state index in [1.54, 1.807) is 18.5 Å². The molecule has 3 heterocycles. The van der Waals surface area contributed by atoms with Gasteiger partial charge in [-0.2, -0.15) is 0 Å². The van der Waals surface area contributed by atoms with Crippen molar-refractivity contribution in [1.82, 2.24) is 9.97 Å². The van der Waals surface area contributed by atoms with Gasteiger partial charge in [-0.3, -0.25) is 9.78 Å². The van der Waals surface area contributed by atoms with Crippen LogP contribution < -0.4 is 5.32 Å². The Labute approximate surface area is 142 Å². The second kappa shape index (κ2) is 5.90. The molecule has 4 aromatic rings. The minimum absolute atomic E-state index is 0.250. The molecule has 24 heavy (non-hydrogen) atoms. The minimum Gasteiger partial charge on any atom is -0.462 e. The molecule has 0 spiro atoms. The maximum absolute atomic E-state index is 12.6. The van der Waals surface area contributed by atoms with Crippen molar-refractivity contribution in [3.8, 4) is 10.8 Å². The first-order valence-electron chi connectivity index (χ1n) is 7.39. The first kappa shape index (κ1) is 14.6. The third-order valence-electron chi connectivity index (χ3n) is 3.62. The number of nitrogens with one attached hydrogen (secondary N) is 1. The second-order valence-corrected chi connectivity index (χ2v) is 6.44. The number of benzene rings is 1. The monoisotopic (exact) mass is 335 g/mol. The number of fused-ring (bicyclic) bond motifs is 1. The Morgan fingerprint density at radius 3 is 2.88 bits per heavy atom. The third kappa shape index (κ3) is 2.57. The topological polar surface area (TPSA) is 68.0 Å². The lowest BCUT2D eigenvalue weighted by Crippen LogP contribution is -2.14. The van der Waals surface area contributed by atoms with Gasteiger partial charge in [0.1, 0.15) is 5.69 Å². The molecule has 0 saturated heterocycles. The largest absolute Gasteiger partial charge is 0.462 e. The van der Waals surface area contributed by atoms with Gasteiger partial charge in [0.05, 0.1) is 17.5 Å². The van der Waals surface area contributed by atoms with E-state index in [1.165, 1.54) is 11.3 Å². The highest BCUT2D eigenvalue weighted by atomic mass is 32.1. The Balaban J connectivity index is 1.67. The number of rotatable bonds is 3. The van der Waals surface area contributed by atoms with Crippen LogP contribution in [0.5, 0.6) is 0 Å². The Bertz CT molecular complexity index is 1020. The summed E-state index contributed by atoms with van der Waals surface area (Å²) in [7, 11) is 0. The van der Waals surface area contributed by atoms with Crippen LogP contribution in [0.2, 0.25) is 0 Å². The molecule has 0 aliphatic heterocycles. The molecular formula is C18H13N3O2S. The van der Waals surface area contributed by atoms with Crippen LogP contribution in [-0.2, 0) is 0 Å². The number of carbonyl (C=O) groups excluding carboxylic acids is 1. The molecule has 0 atom stereocenters. The maximum atomic E-state index is 12.6. The Hall–Kier alpha value is -2.99. The van der Waals surface area contributed by atoms with E-state index in [0.29, 0.717) is 22.1 Å². The fraction of sp³-hybridized carbons (Fsp3) is 0.0556. The summed E-state index contributed by atoms with van der Waals surface area (Å²) in [6, 6.07) is 13.1. The zero-order valence-corrected chi connectivity index (χ0v) is 13.6. The van der Waals surface area contributed by atoms with Gasteiger partial charge in [0.15, 0.2) is 10.8 Å². The number of hydrogen-bond acceptors (Lipinski definition) is 5. The van der Waals surface area contributed by atoms with Gasteiger partial charge in [0, 0.05) is 16.5 Å². The molecule has 0 fully saturated rings. The molecule has 118 valence electrons. The van der Waals surface area contributed by atoms with Crippen molar-refractivity contribution in [3.63, 3.8) is 0 Å². The van der Waals surface area contributed by atoms with Crippen LogP contribution in [0.25, 0.3) is 21.7 Å². The van der Waals surface area contributed by atoms with Crippen molar-refractivity contribution in [3.05, 3.63) is 65.5 Å². The molecule has 3 aromatic heterocycles. The average molecular weight is 335 g/mol. The van der Waals surface area contributed by atoms with E-state index in [-0.39, 0.29) is 5.91 Å². The highest BCUT2D eigenvalue weighted by Gasteiger charge is 2.18. The minimum atomic E-state index is -0.250. The molecule has 1 N–H and O–H groups in total. The predicted molar refractivity (Wildman–Crippen MR) is 94.2 cm³/mol. The zero-order valence-electron chi connectivity index (χ0n) is 12.8. The van der Waals surface area contributed by atoms with Crippen molar-refractivity contribution in [2.75, 3.05) is 5.32 Å². The molecule has 0 unspecified atom stereocenters. The highest BCUT2D eigenvalue weighted by molar-refractivity contribution is 7.15. The lowest BCUT2D eigenvalue weighted by molar-refractivity contribution is 0.102. The lowest BCUT2D eigenvalue weighted by atomic mass is 10.2. The van der Waals surface area contributed by atoms with Crippen molar-refractivity contribution in [2.24, 2.45) is 0 Å². The van der Waals surface area contributed by atoms with Crippen LogP contribution in [0.1, 0.15) is 15.4 Å². The Morgan fingerprint density at radius 2 is 2.04 bits per heavy atom. The fourth-order valence-corrected chi connectivity index (χ4v) is 3.38. The normalized spacial score (nSPS) is 10.9. The molecule has 0 aliphatic carbocycles. The van der Waals surface area contributed by atoms with Crippen LogP contribution in [-0.4, -0.2) is 15.9 Å². The van der Waals surface area contributed by atoms with Crippen molar-refractivity contribution in [2.45, 2.75) is 6.92 Å². The van der Waals surface area contributed by atoms with Crippen LogP contribution in [0.15, 0.2) is 59.3 Å². The number of nitrogens with zero attached hydrogens (tertiary/aromatic N) is 2. The molecule has 5 nitrogen and oxygen atoms in total. The molecule has 1 amide bonds. The lowest BCUT2D eigenvalue weighted by Gasteiger charge is -2.07. The number of furan rings is 1. The van der Waals surface area contributed by atoms with E-state index in [2.05, 4.69) is 15.3 Å². The van der Waals surface area contributed by atoms with Gasteiger partial charge >= 0.3 is 0 Å². The van der Waals surface area contributed by atoms with Crippen LogP contribution in [0.3, 0.4) is 0 Å². The number of anilines is 1. The van der Waals surface area contributed by atoms with Crippen LogP contribution >= 0.6 is 11.3 Å². The second-order valence-electron chi connectivity index (χ2n) is 5.24. The van der Waals surface area contributed by atoms with Gasteiger partial charge in [0.2, 0.25) is 0 Å². The van der Waals surface area contributed by atoms with Crippen molar-refractivity contribution in [1.29, 1.82) is 0 Å². The summed E-state index contributed by atoms with van der Waals surface area (Å²) >= 11 is 1.43. The molecule has 6 heteroatoms. The highest BCUT2D eigenvalue weighted by Crippen LogP contribution is 2.29. The first-order chi connectivity index (χ1) is 11.7. The van der Waals surface area contributed by atoms with Gasteiger partial charge in [-0.05, 0) is 31.2 Å². The molecule has 0 aliphatic rings. The molecule has 0 saturated carbocycles. The molecular weight excluding hydrogens is 322 g/mol. The molecule has 4 rings (SSSR count). The maximum Gasteiger partial charge on any atom is 0.275 e. The predicted octanol–water partition coefficient (Wildman–Crippen LogP) is 4.51. The summed E-state index contributed by atoms with van der Waals surface area (Å²) in [5, 5.41) is 4.58. The van der Waals surface area contributed by atoms with E-state index >= 15 is 0 Å². The number of amides is 1. The standard InChI is InChI=1S/C18H13N3O2S/c1-11-15(21-18(24-11)14-8-4-10-23-14)17(22)20-13-7-2-5-12-6-3-9-19-16(12)13/h2-10H,1H3,(H,20,22). The van der Waals surface area contributed by atoms with Crippen LogP contribution in [0.4, 0.5) is 5.69 Å². The van der Waals surface area contributed by atoms with E-state index in [4.69, 9.17) is 4.42 Å². The van der Waals surface area contributed by atoms with E-state index in [9.17, 15) is 4.79 Å². The van der Waals surface area contributed by atoms with Gasteiger partial charge in [-0.1, -0.05) is 18.2 Å². The molecule has 1 aromatic carbocycles. The summed E-state index contributed by atoms with van der Waals surface area (Å²) in [4.78, 5) is 22.2. The zero-order chi connectivity index (χ0) is 16.5. The number of aryl methyl sites for hydroxylation is 1. The third-order valence-corrected chi connectivity index (χ3v) is 4.61. The van der Waals surface area contributed by atoms with E-state index in [0.717, 1.165) is 15.8 Å². The summed E-state index contributed by atoms with van der Waals surface area (Å²) < 4.78 is 5.35. The van der Waals surface area contributed by atoms with Gasteiger partial charge < -0.3 is 9.73 Å². The Morgan fingerprint density at radius 1 is 1.17 bits per heavy atom. The summed E-state index contributed by atoms with van der Waals surface area (Å²) in [6.07, 6.45) is 3.30. The van der Waals surface area contributed by atoms with E-state index in [1.807, 2.05) is 43.3 Å². The average Bonchev–Trinajstić information content (AvgIpc) is 3.24. The van der Waals surface area contributed by atoms with E-state index < -0.39 is 0 Å². The SMILES string of the molecule is Cc1sc(-c2ccco2)nc1C(=O)Nc1cccc2cccnc12. The molecule has 0 radical (unpaired) electrons. The number of aromatic nitrogens is 2. The van der Waals surface area contributed by atoms with Gasteiger partial charge in [-0.25, -0.2) is 4.98 Å². The smallest absolute Gasteiger partial charge is 0.275 e. The van der Waals surface area contributed by atoms with Crippen LogP contribution in [0, 0.1) is 6.92 Å². The van der Waals surface area contributed by atoms with Gasteiger partial charge in [-0.15, -0.1) is 11.3 Å². The van der Waals surface area contributed by atoms with Crippen molar-refractivity contribution < 1.29 is 9.21 Å². The number of pyridine rings is 1. The summed E-state index contributed by atoms with van der Waals surface area (Å²) in [5.41, 5.74) is 1.83. The first-order valence-corrected chi connectivity index (χ1v) is 8.20. The number of hydrogen-bond donors (Lipinski definition) is 1. The quantitative estimate of drug-likeness (QED) is 0.598. The number of para-hydroxylation sites is 1. The number of carbonyl (C=O) groups is 1. The molecule has 0 bridgehead atoms. The van der Waals surface area contributed by atoms with Gasteiger partial charge in [0.25, 0.3) is 5.91 Å². The van der Waals surface area contributed by atoms with Crippen molar-refractivity contribution >= 4 is 33.8 Å². The Kier molecular flexibility index (Phi) is 3.59. The summed E-state index contributed by atoms with van der Waals surface area (Å²) in [6.45, 7) is 1.88. The fourth-order valence-electron chi connectivity index (χ4n) is 2.50. The number of thiazole rings is 1.